The molecular formula is C21H22FN3O2. The standard InChI is InChI=1S/C21H22FN3O2/c1-15-12-25(13-15)14-16-2-4-17(5-3-16)20-23-21(27-24-20)18-6-8-19(9-7-18)26-11-10-22/h2-9,15H,10-14H2,1H3/i22-1. The molecule has 3 aromatic rings. The minimum atomic E-state index is -0.509. The molecular weight excluding hydrogens is 344 g/mol. The second-order valence-corrected chi connectivity index (χ2v) is 6.98. The van der Waals surface area contributed by atoms with Crippen molar-refractivity contribution in [2.24, 2.45) is 5.92 Å². The van der Waals surface area contributed by atoms with Gasteiger partial charge in [0.05, 0.1) is 0 Å². The summed E-state index contributed by atoms with van der Waals surface area (Å²) < 4.78 is 22.8. The van der Waals surface area contributed by atoms with Crippen molar-refractivity contribution in [2.75, 3.05) is 26.4 Å². The lowest BCUT2D eigenvalue weighted by molar-refractivity contribution is 0.105. The Balaban J connectivity index is 1.42. The van der Waals surface area contributed by atoms with Gasteiger partial charge in [-0.25, -0.2) is 4.39 Å². The van der Waals surface area contributed by atoms with E-state index < -0.39 is 6.67 Å². The van der Waals surface area contributed by atoms with E-state index in [4.69, 9.17) is 9.26 Å². The minimum Gasteiger partial charge on any atom is -0.491 e. The highest BCUT2D eigenvalue weighted by Crippen LogP contribution is 2.25. The average Bonchev–Trinajstić information content (AvgIpc) is 3.16. The van der Waals surface area contributed by atoms with Gasteiger partial charge in [-0.15, -0.1) is 0 Å². The number of rotatable bonds is 7. The average molecular weight is 366 g/mol. The van der Waals surface area contributed by atoms with Crippen LogP contribution in [0.2, 0.25) is 0 Å². The molecule has 4 rings (SSSR count). The van der Waals surface area contributed by atoms with E-state index in [-0.39, 0.29) is 6.61 Å². The van der Waals surface area contributed by atoms with Gasteiger partial charge in [0, 0.05) is 30.8 Å². The van der Waals surface area contributed by atoms with Gasteiger partial charge in [-0.3, -0.25) is 4.90 Å². The van der Waals surface area contributed by atoms with Crippen LogP contribution in [0.25, 0.3) is 22.8 Å². The van der Waals surface area contributed by atoms with Crippen molar-refractivity contribution in [1.29, 1.82) is 0 Å². The van der Waals surface area contributed by atoms with E-state index >= 15 is 0 Å². The summed E-state index contributed by atoms with van der Waals surface area (Å²) >= 11 is 0. The lowest BCUT2D eigenvalue weighted by Gasteiger charge is -2.37. The van der Waals surface area contributed by atoms with Crippen LogP contribution in [0.5, 0.6) is 5.75 Å². The summed E-state index contributed by atoms with van der Waals surface area (Å²) in [5.74, 6) is 2.43. The van der Waals surface area contributed by atoms with Crippen molar-refractivity contribution in [2.45, 2.75) is 13.5 Å². The summed E-state index contributed by atoms with van der Waals surface area (Å²) in [5.41, 5.74) is 3.01. The number of ether oxygens (including phenoxy) is 1. The highest BCUT2D eigenvalue weighted by atomic mass is 18.2. The highest BCUT2D eigenvalue weighted by molar-refractivity contribution is 5.60. The number of aromatic nitrogens is 2. The first kappa shape index (κ1) is 17.7. The third-order valence-electron chi connectivity index (χ3n) is 4.63. The van der Waals surface area contributed by atoms with Gasteiger partial charge < -0.3 is 9.26 Å². The molecule has 0 saturated carbocycles. The molecule has 27 heavy (non-hydrogen) atoms. The molecule has 1 saturated heterocycles. The maximum absolute atomic E-state index is 12.1. The second-order valence-electron chi connectivity index (χ2n) is 6.98. The molecule has 0 radical (unpaired) electrons. The zero-order valence-electron chi connectivity index (χ0n) is 15.3. The van der Waals surface area contributed by atoms with Crippen LogP contribution >= 0.6 is 0 Å². The number of nitrogens with zero attached hydrogens (tertiary/aromatic N) is 3. The van der Waals surface area contributed by atoms with E-state index in [1.54, 1.807) is 12.1 Å². The molecule has 0 spiro atoms. The Labute approximate surface area is 157 Å². The second kappa shape index (κ2) is 7.88. The van der Waals surface area contributed by atoms with Crippen LogP contribution in [0.15, 0.2) is 53.1 Å². The summed E-state index contributed by atoms with van der Waals surface area (Å²) in [6.07, 6.45) is 0. The zero-order valence-corrected chi connectivity index (χ0v) is 15.3. The molecule has 1 fully saturated rings. The van der Waals surface area contributed by atoms with Crippen LogP contribution in [-0.2, 0) is 6.54 Å². The van der Waals surface area contributed by atoms with E-state index in [0.29, 0.717) is 17.5 Å². The summed E-state index contributed by atoms with van der Waals surface area (Å²) in [7, 11) is 0. The molecule has 1 aliphatic rings. The number of benzene rings is 2. The van der Waals surface area contributed by atoms with Gasteiger partial charge in [0.1, 0.15) is 19.0 Å². The van der Waals surface area contributed by atoms with E-state index in [9.17, 15) is 4.39 Å². The number of hydrogen-bond acceptors (Lipinski definition) is 5. The lowest BCUT2D eigenvalue weighted by atomic mass is 10.0. The Morgan fingerprint density at radius 1 is 1.07 bits per heavy atom. The van der Waals surface area contributed by atoms with Crippen LogP contribution in [0.4, 0.5) is 4.39 Å². The van der Waals surface area contributed by atoms with Crippen molar-refractivity contribution in [3.8, 4) is 28.6 Å². The molecule has 1 aromatic heterocycles. The Morgan fingerprint density at radius 3 is 2.44 bits per heavy atom. The van der Waals surface area contributed by atoms with Crippen molar-refractivity contribution in [1.82, 2.24) is 15.0 Å². The van der Waals surface area contributed by atoms with Gasteiger partial charge in [-0.2, -0.15) is 4.98 Å². The quantitative estimate of drug-likeness (QED) is 0.627. The van der Waals surface area contributed by atoms with E-state index in [2.05, 4.69) is 34.1 Å². The molecule has 0 N–H and O–H groups in total. The van der Waals surface area contributed by atoms with Gasteiger partial charge in [-0.1, -0.05) is 36.3 Å². The van der Waals surface area contributed by atoms with Crippen molar-refractivity contribution >= 4 is 0 Å². The normalized spacial score (nSPS) is 14.9. The maximum Gasteiger partial charge on any atom is 0.258 e. The predicted molar refractivity (Wildman–Crippen MR) is 101 cm³/mol. The topological polar surface area (TPSA) is 51.4 Å². The van der Waals surface area contributed by atoms with Gasteiger partial charge in [0.15, 0.2) is 0 Å². The molecule has 0 unspecified atom stereocenters. The van der Waals surface area contributed by atoms with Crippen LogP contribution in [0.1, 0.15) is 12.5 Å². The predicted octanol–water partition coefficient (Wildman–Crippen LogP) is 4.20. The molecule has 0 bridgehead atoms. The molecule has 1 aliphatic heterocycles. The molecule has 0 aliphatic carbocycles. The van der Waals surface area contributed by atoms with Crippen LogP contribution in [-0.4, -0.2) is 41.4 Å². The van der Waals surface area contributed by atoms with E-state index in [0.717, 1.165) is 23.6 Å². The Hall–Kier alpha value is -2.73. The largest absolute Gasteiger partial charge is 0.491 e. The fourth-order valence-electron chi connectivity index (χ4n) is 3.28. The summed E-state index contributed by atoms with van der Waals surface area (Å²) in [6, 6.07) is 15.5. The molecule has 140 valence electrons. The smallest absolute Gasteiger partial charge is 0.258 e. The van der Waals surface area contributed by atoms with Crippen LogP contribution in [0, 0.1) is 5.92 Å². The van der Waals surface area contributed by atoms with Crippen molar-refractivity contribution < 1.29 is 13.7 Å². The maximum atomic E-state index is 12.1. The summed E-state index contributed by atoms with van der Waals surface area (Å²) in [6.45, 7) is 5.15. The number of hydrogen-bond donors (Lipinski definition) is 0. The van der Waals surface area contributed by atoms with Crippen molar-refractivity contribution in [3.63, 3.8) is 0 Å². The number of likely N-dealkylation sites (tertiary alicyclic amines) is 1. The number of alkyl halides is 1. The minimum absolute atomic E-state index is 0.0524. The fourth-order valence-corrected chi connectivity index (χ4v) is 3.28. The molecule has 0 atom stereocenters. The molecule has 2 aromatic carbocycles. The SMILES string of the molecule is CC1CN(Cc2ccc(-c3noc(-c4ccc(OCC[18F])cc4)n3)cc2)C1. The van der Waals surface area contributed by atoms with Gasteiger partial charge >= 0.3 is 0 Å². The Bertz CT molecular complexity index is 871. The first-order valence-corrected chi connectivity index (χ1v) is 9.16. The lowest BCUT2D eigenvalue weighted by Crippen LogP contribution is -2.44. The first-order chi connectivity index (χ1) is 13.2. The van der Waals surface area contributed by atoms with E-state index in [1.807, 2.05) is 24.3 Å². The van der Waals surface area contributed by atoms with Gasteiger partial charge in [0.2, 0.25) is 5.82 Å². The van der Waals surface area contributed by atoms with Crippen LogP contribution in [0.3, 0.4) is 0 Å². The van der Waals surface area contributed by atoms with Crippen LogP contribution < -0.4 is 4.74 Å². The number of halogens is 1. The van der Waals surface area contributed by atoms with Crippen molar-refractivity contribution in [3.05, 3.63) is 54.1 Å². The molecule has 6 heteroatoms. The monoisotopic (exact) mass is 366 g/mol. The third-order valence-corrected chi connectivity index (χ3v) is 4.63. The molecule has 2 heterocycles. The van der Waals surface area contributed by atoms with E-state index in [1.165, 1.54) is 18.7 Å². The summed E-state index contributed by atoms with van der Waals surface area (Å²) in [5, 5.41) is 4.09. The molecule has 0 amide bonds. The van der Waals surface area contributed by atoms with Gasteiger partial charge in [-0.05, 0) is 35.7 Å². The first-order valence-electron chi connectivity index (χ1n) is 9.16. The zero-order chi connectivity index (χ0) is 18.6. The molecule has 5 nitrogen and oxygen atoms in total. The van der Waals surface area contributed by atoms with Gasteiger partial charge in [0.25, 0.3) is 5.89 Å². The summed E-state index contributed by atoms with van der Waals surface area (Å²) in [4.78, 5) is 6.92. The highest BCUT2D eigenvalue weighted by Gasteiger charge is 2.22. The fraction of sp³-hybridized carbons (Fsp3) is 0.333. The Kier molecular flexibility index (Phi) is 5.16. The Morgan fingerprint density at radius 2 is 1.78 bits per heavy atom. The third kappa shape index (κ3) is 4.17.